The van der Waals surface area contributed by atoms with Gasteiger partial charge in [-0.05, 0) is 47.7 Å². The van der Waals surface area contributed by atoms with E-state index in [9.17, 15) is 0 Å². The fourth-order valence-corrected chi connectivity index (χ4v) is 2.42. The standard InChI is InChI=1S/C17H19Cl2N/c1-11-15(18)9-14(10-16(11)19)20-13-7-5-12(6-8-13)17(2,3)4/h5-10,20H,1-4H3. The molecule has 106 valence electrons. The summed E-state index contributed by atoms with van der Waals surface area (Å²) in [7, 11) is 0. The fourth-order valence-electron chi connectivity index (χ4n) is 1.94. The number of hydrogen-bond donors (Lipinski definition) is 1. The van der Waals surface area contributed by atoms with E-state index in [0.29, 0.717) is 10.0 Å². The van der Waals surface area contributed by atoms with E-state index in [1.807, 2.05) is 19.1 Å². The summed E-state index contributed by atoms with van der Waals surface area (Å²) < 4.78 is 0. The SMILES string of the molecule is Cc1c(Cl)cc(Nc2ccc(C(C)(C)C)cc2)cc1Cl. The Morgan fingerprint density at radius 3 is 1.80 bits per heavy atom. The van der Waals surface area contributed by atoms with E-state index in [0.717, 1.165) is 16.9 Å². The number of nitrogens with one attached hydrogen (secondary N) is 1. The third kappa shape index (κ3) is 3.47. The zero-order valence-corrected chi connectivity index (χ0v) is 13.7. The van der Waals surface area contributed by atoms with Crippen molar-refractivity contribution in [3.63, 3.8) is 0 Å². The van der Waals surface area contributed by atoms with E-state index in [1.54, 1.807) is 0 Å². The third-order valence-corrected chi connectivity index (χ3v) is 4.11. The monoisotopic (exact) mass is 307 g/mol. The molecule has 3 heteroatoms. The van der Waals surface area contributed by atoms with Crippen molar-refractivity contribution in [3.8, 4) is 0 Å². The van der Waals surface area contributed by atoms with Gasteiger partial charge < -0.3 is 5.32 Å². The maximum Gasteiger partial charge on any atom is 0.0470 e. The molecule has 0 aromatic heterocycles. The first-order chi connectivity index (χ1) is 9.27. The Balaban J connectivity index is 2.23. The molecule has 0 atom stereocenters. The van der Waals surface area contributed by atoms with Crippen LogP contribution in [0.5, 0.6) is 0 Å². The molecule has 2 aromatic rings. The molecule has 0 unspecified atom stereocenters. The lowest BCUT2D eigenvalue weighted by Crippen LogP contribution is -2.10. The summed E-state index contributed by atoms with van der Waals surface area (Å²) in [4.78, 5) is 0. The smallest absolute Gasteiger partial charge is 0.0470 e. The van der Waals surface area contributed by atoms with Crippen molar-refractivity contribution in [1.82, 2.24) is 0 Å². The van der Waals surface area contributed by atoms with Crippen molar-refractivity contribution in [3.05, 3.63) is 57.6 Å². The van der Waals surface area contributed by atoms with Crippen LogP contribution in [0.4, 0.5) is 11.4 Å². The Kier molecular flexibility index (Phi) is 4.31. The molecule has 1 nitrogen and oxygen atoms in total. The number of hydrogen-bond acceptors (Lipinski definition) is 1. The van der Waals surface area contributed by atoms with Gasteiger partial charge in [0.1, 0.15) is 0 Å². The van der Waals surface area contributed by atoms with E-state index >= 15 is 0 Å². The van der Waals surface area contributed by atoms with E-state index < -0.39 is 0 Å². The van der Waals surface area contributed by atoms with Gasteiger partial charge in [0.25, 0.3) is 0 Å². The minimum Gasteiger partial charge on any atom is -0.355 e. The van der Waals surface area contributed by atoms with Gasteiger partial charge >= 0.3 is 0 Å². The van der Waals surface area contributed by atoms with E-state index in [-0.39, 0.29) is 5.41 Å². The van der Waals surface area contributed by atoms with Crippen LogP contribution >= 0.6 is 23.2 Å². The molecule has 0 heterocycles. The van der Waals surface area contributed by atoms with Gasteiger partial charge in [0, 0.05) is 21.4 Å². The molecule has 2 rings (SSSR count). The van der Waals surface area contributed by atoms with Crippen molar-refractivity contribution in [1.29, 1.82) is 0 Å². The minimum absolute atomic E-state index is 0.162. The lowest BCUT2D eigenvalue weighted by atomic mass is 9.87. The van der Waals surface area contributed by atoms with Crippen LogP contribution in [0.15, 0.2) is 36.4 Å². The summed E-state index contributed by atoms with van der Waals surface area (Å²) >= 11 is 12.3. The Bertz CT molecular complexity index is 587. The van der Waals surface area contributed by atoms with Gasteiger partial charge in [-0.3, -0.25) is 0 Å². The average Bonchev–Trinajstić information content (AvgIpc) is 2.35. The number of halogens is 2. The largest absolute Gasteiger partial charge is 0.355 e. The summed E-state index contributed by atoms with van der Waals surface area (Å²) in [6, 6.07) is 12.2. The van der Waals surface area contributed by atoms with Crippen LogP contribution in [-0.2, 0) is 5.41 Å². The zero-order valence-electron chi connectivity index (χ0n) is 12.2. The highest BCUT2D eigenvalue weighted by atomic mass is 35.5. The second-order valence-electron chi connectivity index (χ2n) is 6.02. The molecule has 0 aliphatic carbocycles. The number of anilines is 2. The summed E-state index contributed by atoms with van der Waals surface area (Å²) in [6.07, 6.45) is 0. The van der Waals surface area contributed by atoms with Crippen molar-refractivity contribution < 1.29 is 0 Å². The van der Waals surface area contributed by atoms with Crippen molar-refractivity contribution in [2.45, 2.75) is 33.1 Å². The van der Waals surface area contributed by atoms with Gasteiger partial charge in [-0.1, -0.05) is 56.1 Å². The maximum atomic E-state index is 6.15. The van der Waals surface area contributed by atoms with Crippen LogP contribution < -0.4 is 5.32 Å². The van der Waals surface area contributed by atoms with Crippen molar-refractivity contribution in [2.24, 2.45) is 0 Å². The predicted octanol–water partition coefficient (Wildman–Crippen LogP) is 6.34. The van der Waals surface area contributed by atoms with Gasteiger partial charge in [0.2, 0.25) is 0 Å². The highest BCUT2D eigenvalue weighted by Gasteiger charge is 2.12. The first kappa shape index (κ1) is 15.2. The summed E-state index contributed by atoms with van der Waals surface area (Å²) in [5.74, 6) is 0. The molecule has 0 amide bonds. The molecule has 0 spiro atoms. The third-order valence-electron chi connectivity index (χ3n) is 3.32. The Morgan fingerprint density at radius 1 is 0.850 bits per heavy atom. The topological polar surface area (TPSA) is 12.0 Å². The Morgan fingerprint density at radius 2 is 1.35 bits per heavy atom. The predicted molar refractivity (Wildman–Crippen MR) is 89.6 cm³/mol. The molecule has 0 saturated heterocycles. The van der Waals surface area contributed by atoms with Gasteiger partial charge in [-0.15, -0.1) is 0 Å². The van der Waals surface area contributed by atoms with E-state index in [4.69, 9.17) is 23.2 Å². The van der Waals surface area contributed by atoms with Gasteiger partial charge in [0.15, 0.2) is 0 Å². The first-order valence-corrected chi connectivity index (χ1v) is 7.36. The van der Waals surface area contributed by atoms with Crippen LogP contribution in [0.3, 0.4) is 0 Å². The van der Waals surface area contributed by atoms with Gasteiger partial charge in [0.05, 0.1) is 0 Å². The Hall–Kier alpha value is -1.18. The van der Waals surface area contributed by atoms with Crippen molar-refractivity contribution in [2.75, 3.05) is 5.32 Å². The second-order valence-corrected chi connectivity index (χ2v) is 6.83. The van der Waals surface area contributed by atoms with E-state index in [1.165, 1.54) is 5.56 Å². The molecule has 0 aliphatic rings. The van der Waals surface area contributed by atoms with Crippen LogP contribution in [0, 0.1) is 6.92 Å². The molecular formula is C17H19Cl2N. The molecule has 20 heavy (non-hydrogen) atoms. The fraction of sp³-hybridized carbons (Fsp3) is 0.294. The van der Waals surface area contributed by atoms with Crippen LogP contribution in [0.25, 0.3) is 0 Å². The normalized spacial score (nSPS) is 11.5. The van der Waals surface area contributed by atoms with Crippen molar-refractivity contribution >= 4 is 34.6 Å². The van der Waals surface area contributed by atoms with E-state index in [2.05, 4.69) is 50.4 Å². The molecule has 1 N–H and O–H groups in total. The lowest BCUT2D eigenvalue weighted by Gasteiger charge is -2.19. The van der Waals surface area contributed by atoms with Crippen LogP contribution in [0.2, 0.25) is 10.0 Å². The summed E-state index contributed by atoms with van der Waals surface area (Å²) in [6.45, 7) is 8.52. The summed E-state index contributed by atoms with van der Waals surface area (Å²) in [5, 5.41) is 4.67. The number of benzene rings is 2. The first-order valence-electron chi connectivity index (χ1n) is 6.60. The van der Waals surface area contributed by atoms with Crippen LogP contribution in [0.1, 0.15) is 31.9 Å². The second kappa shape index (κ2) is 5.67. The molecule has 0 aliphatic heterocycles. The Labute approximate surface area is 130 Å². The minimum atomic E-state index is 0.162. The molecular weight excluding hydrogens is 289 g/mol. The number of rotatable bonds is 2. The van der Waals surface area contributed by atoms with Crippen LogP contribution in [-0.4, -0.2) is 0 Å². The zero-order chi connectivity index (χ0) is 14.9. The molecule has 0 saturated carbocycles. The molecule has 0 fully saturated rings. The average molecular weight is 308 g/mol. The highest BCUT2D eigenvalue weighted by molar-refractivity contribution is 6.36. The van der Waals surface area contributed by atoms with Gasteiger partial charge in [-0.25, -0.2) is 0 Å². The maximum absolute atomic E-state index is 6.15. The summed E-state index contributed by atoms with van der Waals surface area (Å²) in [5.41, 5.74) is 4.29. The quantitative estimate of drug-likeness (QED) is 0.682. The highest BCUT2D eigenvalue weighted by Crippen LogP contribution is 2.30. The molecule has 0 radical (unpaired) electrons. The van der Waals surface area contributed by atoms with Gasteiger partial charge in [-0.2, -0.15) is 0 Å². The molecule has 0 bridgehead atoms. The lowest BCUT2D eigenvalue weighted by molar-refractivity contribution is 0.590. The molecule has 2 aromatic carbocycles.